The highest BCUT2D eigenvalue weighted by Gasteiger charge is 2.32. The summed E-state index contributed by atoms with van der Waals surface area (Å²) in [6, 6.07) is -0.814. The molecule has 0 fully saturated rings. The molecule has 0 atom stereocenters. The molecule has 3 amide bonds. The van der Waals surface area contributed by atoms with Crippen LogP contribution in [-0.2, 0) is 4.79 Å². The number of nitrogens with one attached hydrogen (secondary N) is 4. The molecule has 0 saturated carbocycles. The molecule has 8 nitrogen and oxygen atoms in total. The van der Waals surface area contributed by atoms with Crippen molar-refractivity contribution in [2.75, 3.05) is 45.9 Å². The molecule has 0 saturated heterocycles. The van der Waals surface area contributed by atoms with E-state index in [9.17, 15) is 9.59 Å². The molecular formula is C16H36BrN5O3. The van der Waals surface area contributed by atoms with E-state index in [1.165, 1.54) is 0 Å². The molecule has 0 spiro atoms. The first-order valence-electron chi connectivity index (χ1n) is 8.90. The Kier molecular flexibility index (Phi) is 19.1. The second kappa shape index (κ2) is 18.1. The molecule has 25 heavy (non-hydrogen) atoms. The SMILES string of the molecule is CCC(Br)(CC)C(=O)NC(N)=O.CCNCCNCCNCCCO. The van der Waals surface area contributed by atoms with Crippen LogP contribution in [0.2, 0.25) is 0 Å². The molecule has 0 bridgehead atoms. The van der Waals surface area contributed by atoms with Crippen LogP contribution in [0.15, 0.2) is 0 Å². The Morgan fingerprint density at radius 1 is 0.960 bits per heavy atom. The van der Waals surface area contributed by atoms with Gasteiger partial charge in [0.2, 0.25) is 5.91 Å². The molecule has 150 valence electrons. The van der Waals surface area contributed by atoms with E-state index in [2.05, 4.69) is 38.8 Å². The number of carbonyl (C=O) groups is 2. The first kappa shape index (κ1) is 26.5. The average molecular weight is 426 g/mol. The van der Waals surface area contributed by atoms with Gasteiger partial charge in [-0.15, -0.1) is 0 Å². The second-order valence-electron chi connectivity index (χ2n) is 5.42. The van der Waals surface area contributed by atoms with Gasteiger partial charge in [0.05, 0.1) is 0 Å². The number of carbonyl (C=O) groups excluding carboxylic acids is 2. The minimum atomic E-state index is -0.814. The van der Waals surface area contributed by atoms with E-state index in [0.29, 0.717) is 12.8 Å². The number of rotatable bonds is 13. The fourth-order valence-electron chi connectivity index (χ4n) is 1.78. The van der Waals surface area contributed by atoms with Crippen LogP contribution in [0.25, 0.3) is 0 Å². The zero-order chi connectivity index (χ0) is 19.6. The number of primary amides is 1. The molecule has 0 rings (SSSR count). The third-order valence-electron chi connectivity index (χ3n) is 3.48. The first-order valence-corrected chi connectivity index (χ1v) is 9.69. The van der Waals surface area contributed by atoms with Gasteiger partial charge in [0.15, 0.2) is 0 Å². The maximum absolute atomic E-state index is 11.3. The first-order chi connectivity index (χ1) is 11.9. The van der Waals surface area contributed by atoms with E-state index in [4.69, 9.17) is 10.8 Å². The van der Waals surface area contributed by atoms with Crippen molar-refractivity contribution < 1.29 is 14.7 Å². The topological polar surface area (TPSA) is 129 Å². The number of amides is 3. The monoisotopic (exact) mass is 425 g/mol. The summed E-state index contributed by atoms with van der Waals surface area (Å²) in [5.41, 5.74) is 4.81. The Balaban J connectivity index is 0. The Morgan fingerprint density at radius 3 is 1.84 bits per heavy atom. The molecule has 0 aromatic carbocycles. The summed E-state index contributed by atoms with van der Waals surface area (Å²) in [5, 5.41) is 20.3. The van der Waals surface area contributed by atoms with E-state index >= 15 is 0 Å². The number of alkyl halides is 1. The molecule has 9 heteroatoms. The maximum Gasteiger partial charge on any atom is 0.318 e. The van der Waals surface area contributed by atoms with Crippen molar-refractivity contribution in [1.82, 2.24) is 21.3 Å². The number of imide groups is 1. The van der Waals surface area contributed by atoms with Crippen molar-refractivity contribution in [2.24, 2.45) is 5.73 Å². The summed E-state index contributed by atoms with van der Waals surface area (Å²) >= 11 is 3.26. The van der Waals surface area contributed by atoms with Crippen molar-refractivity contribution in [3.63, 3.8) is 0 Å². The Bertz CT molecular complexity index is 332. The Morgan fingerprint density at radius 2 is 1.44 bits per heavy atom. The Labute approximate surface area is 160 Å². The van der Waals surface area contributed by atoms with Crippen molar-refractivity contribution in [2.45, 2.75) is 44.4 Å². The molecule has 7 N–H and O–H groups in total. The summed E-state index contributed by atoms with van der Waals surface area (Å²) in [5.74, 6) is -0.375. The van der Waals surface area contributed by atoms with Gasteiger partial charge in [-0.2, -0.15) is 0 Å². The fraction of sp³-hybridized carbons (Fsp3) is 0.875. The average Bonchev–Trinajstić information content (AvgIpc) is 2.59. The molecule has 0 aromatic rings. The van der Waals surface area contributed by atoms with Crippen molar-refractivity contribution in [1.29, 1.82) is 0 Å². The van der Waals surface area contributed by atoms with Gasteiger partial charge >= 0.3 is 6.03 Å². The molecule has 0 aliphatic heterocycles. The smallest absolute Gasteiger partial charge is 0.318 e. The van der Waals surface area contributed by atoms with Crippen LogP contribution in [0.4, 0.5) is 4.79 Å². The van der Waals surface area contributed by atoms with Crippen LogP contribution >= 0.6 is 15.9 Å². The van der Waals surface area contributed by atoms with Crippen LogP contribution in [0.1, 0.15) is 40.0 Å². The van der Waals surface area contributed by atoms with Crippen molar-refractivity contribution in [3.8, 4) is 0 Å². The number of likely N-dealkylation sites (N-methyl/N-ethyl adjacent to an activating group) is 1. The molecular weight excluding hydrogens is 390 g/mol. The molecule has 0 aliphatic carbocycles. The third kappa shape index (κ3) is 16.5. The van der Waals surface area contributed by atoms with Gasteiger partial charge in [0.1, 0.15) is 4.32 Å². The standard InChI is InChI=1S/C9H23N3O.C7H13BrN2O2/c1-2-10-5-6-12-8-7-11-4-3-9-13;1-3-7(8,4-2)5(11)10-6(9)12/h10-13H,2-9H2,1H3;3-4H2,1-2H3,(H3,9,10,11,12). The van der Waals surface area contributed by atoms with E-state index in [1.807, 2.05) is 19.2 Å². The van der Waals surface area contributed by atoms with Gasteiger partial charge in [-0.05, 0) is 32.4 Å². The number of urea groups is 1. The molecule has 0 heterocycles. The highest BCUT2D eigenvalue weighted by molar-refractivity contribution is 9.10. The van der Waals surface area contributed by atoms with Gasteiger partial charge in [0, 0.05) is 32.8 Å². The molecule has 0 radical (unpaired) electrons. The minimum Gasteiger partial charge on any atom is -0.396 e. The summed E-state index contributed by atoms with van der Waals surface area (Å²) in [6.07, 6.45) is 2.07. The fourth-order valence-corrected chi connectivity index (χ4v) is 1.88. The second-order valence-corrected chi connectivity index (χ2v) is 6.94. The molecule has 0 unspecified atom stereocenters. The van der Waals surface area contributed by atoms with E-state index in [-0.39, 0.29) is 12.5 Å². The van der Waals surface area contributed by atoms with Crippen LogP contribution in [0.3, 0.4) is 0 Å². The van der Waals surface area contributed by atoms with Crippen LogP contribution in [0.5, 0.6) is 0 Å². The van der Waals surface area contributed by atoms with Gasteiger partial charge in [-0.3, -0.25) is 10.1 Å². The summed E-state index contributed by atoms with van der Waals surface area (Å²) in [4.78, 5) is 21.6. The third-order valence-corrected chi connectivity index (χ3v) is 4.96. The summed E-state index contributed by atoms with van der Waals surface area (Å²) in [7, 11) is 0. The quantitative estimate of drug-likeness (QED) is 0.186. The minimum absolute atomic E-state index is 0.279. The number of aliphatic hydroxyl groups is 1. The summed E-state index contributed by atoms with van der Waals surface area (Å²) < 4.78 is -0.665. The maximum atomic E-state index is 11.3. The highest BCUT2D eigenvalue weighted by atomic mass is 79.9. The van der Waals surface area contributed by atoms with Crippen LogP contribution < -0.4 is 27.0 Å². The number of halogens is 1. The van der Waals surface area contributed by atoms with Crippen LogP contribution in [-0.4, -0.2) is 67.2 Å². The predicted octanol–water partition coefficient (Wildman–Crippen LogP) is 0.293. The highest BCUT2D eigenvalue weighted by Crippen LogP contribution is 2.26. The van der Waals surface area contributed by atoms with Gasteiger partial charge < -0.3 is 26.8 Å². The molecule has 0 aromatic heterocycles. The van der Waals surface area contributed by atoms with Gasteiger partial charge in [0.25, 0.3) is 0 Å². The van der Waals surface area contributed by atoms with Gasteiger partial charge in [-0.1, -0.05) is 36.7 Å². The number of nitrogens with two attached hydrogens (primary N) is 1. The lowest BCUT2D eigenvalue weighted by atomic mass is 10.0. The largest absolute Gasteiger partial charge is 0.396 e. The Hall–Kier alpha value is -0.740. The number of hydrogen-bond acceptors (Lipinski definition) is 6. The predicted molar refractivity (Wildman–Crippen MR) is 106 cm³/mol. The zero-order valence-electron chi connectivity index (χ0n) is 15.8. The van der Waals surface area contributed by atoms with Crippen LogP contribution in [0, 0.1) is 0 Å². The van der Waals surface area contributed by atoms with E-state index < -0.39 is 10.4 Å². The number of hydrogen-bond donors (Lipinski definition) is 6. The zero-order valence-corrected chi connectivity index (χ0v) is 17.4. The van der Waals surface area contributed by atoms with Crippen molar-refractivity contribution in [3.05, 3.63) is 0 Å². The normalized spacial score (nSPS) is 10.8. The van der Waals surface area contributed by atoms with Gasteiger partial charge in [-0.25, -0.2) is 4.79 Å². The van der Waals surface area contributed by atoms with Crippen molar-refractivity contribution >= 4 is 27.9 Å². The summed E-state index contributed by atoms with van der Waals surface area (Å²) in [6.45, 7) is 12.1. The lowest BCUT2D eigenvalue weighted by Gasteiger charge is -2.21. The number of aliphatic hydroxyl groups excluding tert-OH is 1. The van der Waals surface area contributed by atoms with E-state index in [1.54, 1.807) is 0 Å². The van der Waals surface area contributed by atoms with E-state index in [0.717, 1.165) is 45.7 Å². The lowest BCUT2D eigenvalue weighted by Crippen LogP contribution is -2.46. The lowest BCUT2D eigenvalue weighted by molar-refractivity contribution is -0.122. The molecule has 0 aliphatic rings.